The van der Waals surface area contributed by atoms with Crippen LogP contribution in [0.5, 0.6) is 0 Å². The average Bonchev–Trinajstić information content (AvgIpc) is 3.00. The third-order valence-electron chi connectivity index (χ3n) is 3.75. The first-order valence-electron chi connectivity index (χ1n) is 7.99. The second kappa shape index (κ2) is 9.80. The van der Waals surface area contributed by atoms with E-state index in [1.165, 1.54) is 0 Å². The Balaban J connectivity index is 3.14. The molecule has 22 heavy (non-hydrogen) atoms. The fourth-order valence-corrected chi connectivity index (χ4v) is 2.77. The topological polar surface area (TPSA) is 43.8 Å². The van der Waals surface area contributed by atoms with E-state index in [0.717, 1.165) is 48.1 Å². The molecule has 0 amide bonds. The van der Waals surface area contributed by atoms with E-state index in [1.54, 1.807) is 0 Å². The molecule has 3 nitrogen and oxygen atoms in total. The Morgan fingerprint density at radius 2 is 2.05 bits per heavy atom. The van der Waals surface area contributed by atoms with Gasteiger partial charge in [-0.05, 0) is 47.5 Å². The fourth-order valence-electron chi connectivity index (χ4n) is 2.64. The predicted octanol–water partition coefficient (Wildman–Crippen LogP) is 5.22. The lowest BCUT2D eigenvalue weighted by Crippen LogP contribution is -2.15. The van der Waals surface area contributed by atoms with Crippen LogP contribution in [-0.4, -0.2) is 16.3 Å². The van der Waals surface area contributed by atoms with Crippen LogP contribution >= 0.6 is 15.9 Å². The van der Waals surface area contributed by atoms with E-state index < -0.39 is 0 Å². The van der Waals surface area contributed by atoms with E-state index in [4.69, 9.17) is 5.73 Å². The van der Waals surface area contributed by atoms with Crippen LogP contribution in [0.3, 0.4) is 0 Å². The van der Waals surface area contributed by atoms with Crippen molar-refractivity contribution in [3.05, 3.63) is 46.7 Å². The highest BCUT2D eigenvalue weighted by atomic mass is 79.9. The number of rotatable bonds is 9. The molecule has 0 aliphatic carbocycles. The predicted molar refractivity (Wildman–Crippen MR) is 99.9 cm³/mol. The molecule has 0 unspecified atom stereocenters. The summed E-state index contributed by atoms with van der Waals surface area (Å²) in [6, 6.07) is 2.47. The molecule has 0 radical (unpaired) electrons. The van der Waals surface area contributed by atoms with Crippen molar-refractivity contribution in [3.8, 4) is 0 Å². The monoisotopic (exact) mass is 365 g/mol. The van der Waals surface area contributed by atoms with Gasteiger partial charge in [0, 0.05) is 12.7 Å². The minimum atomic E-state index is 0.434. The first-order valence-corrected chi connectivity index (χ1v) is 8.91. The molecular formula is C18H28BrN3. The van der Waals surface area contributed by atoms with Gasteiger partial charge in [-0.15, -0.1) is 0 Å². The zero-order valence-electron chi connectivity index (χ0n) is 14.0. The van der Waals surface area contributed by atoms with Crippen LogP contribution in [0.15, 0.2) is 41.0 Å². The SMILES string of the molecule is C=C(/C(=C\C(C)=C\Br)CN)c1ccnn1C(CCC)CCC. The summed E-state index contributed by atoms with van der Waals surface area (Å²) >= 11 is 3.35. The third-order valence-corrected chi connectivity index (χ3v) is 4.47. The molecule has 0 atom stereocenters. The van der Waals surface area contributed by atoms with E-state index in [1.807, 2.05) is 24.2 Å². The van der Waals surface area contributed by atoms with Gasteiger partial charge in [-0.3, -0.25) is 4.68 Å². The summed E-state index contributed by atoms with van der Waals surface area (Å²) in [4.78, 5) is 1.89. The van der Waals surface area contributed by atoms with E-state index in [0.29, 0.717) is 12.6 Å². The molecule has 0 aliphatic heterocycles. The molecule has 1 rings (SSSR count). The second-order valence-electron chi connectivity index (χ2n) is 5.60. The van der Waals surface area contributed by atoms with E-state index >= 15 is 0 Å². The number of halogens is 1. The molecule has 0 aromatic carbocycles. The van der Waals surface area contributed by atoms with Crippen molar-refractivity contribution in [1.82, 2.24) is 9.78 Å². The van der Waals surface area contributed by atoms with Crippen LogP contribution in [0.4, 0.5) is 0 Å². The molecule has 1 aromatic rings. The second-order valence-corrected chi connectivity index (χ2v) is 6.06. The molecule has 0 saturated carbocycles. The molecule has 0 spiro atoms. The molecule has 4 heteroatoms. The van der Waals surface area contributed by atoms with Crippen molar-refractivity contribution < 1.29 is 0 Å². The largest absolute Gasteiger partial charge is 0.326 e. The van der Waals surface area contributed by atoms with Gasteiger partial charge in [-0.1, -0.05) is 55.3 Å². The van der Waals surface area contributed by atoms with Crippen molar-refractivity contribution in [2.75, 3.05) is 6.54 Å². The maximum atomic E-state index is 5.92. The quantitative estimate of drug-likeness (QED) is 0.609. The van der Waals surface area contributed by atoms with Gasteiger partial charge in [-0.25, -0.2) is 0 Å². The minimum absolute atomic E-state index is 0.434. The standard InChI is InChI=1S/C18H28BrN3/c1-5-7-17(8-6-2)22-18(9-10-21-22)15(4)16(13-20)11-14(3)12-19/h9-12,17H,4-8,13,20H2,1-3H3/b14-12+,16-11-. The summed E-state index contributed by atoms with van der Waals surface area (Å²) in [5.41, 5.74) is 10.1. The Kier molecular flexibility index (Phi) is 8.43. The Labute approximate surface area is 143 Å². The van der Waals surface area contributed by atoms with Crippen molar-refractivity contribution in [2.24, 2.45) is 5.73 Å². The van der Waals surface area contributed by atoms with E-state index in [-0.39, 0.29) is 0 Å². The van der Waals surface area contributed by atoms with Gasteiger partial charge in [-0.2, -0.15) is 5.10 Å². The molecule has 2 N–H and O–H groups in total. The van der Waals surface area contributed by atoms with Crippen LogP contribution < -0.4 is 5.73 Å². The number of aromatic nitrogens is 2. The maximum absolute atomic E-state index is 5.92. The summed E-state index contributed by atoms with van der Waals surface area (Å²) in [6.45, 7) is 11.2. The van der Waals surface area contributed by atoms with Gasteiger partial charge >= 0.3 is 0 Å². The third kappa shape index (κ3) is 4.96. The zero-order chi connectivity index (χ0) is 16.5. The van der Waals surface area contributed by atoms with Crippen molar-refractivity contribution in [3.63, 3.8) is 0 Å². The number of allylic oxidation sites excluding steroid dienone is 2. The van der Waals surface area contributed by atoms with Gasteiger partial charge < -0.3 is 5.73 Å². The van der Waals surface area contributed by atoms with Crippen molar-refractivity contribution >= 4 is 21.5 Å². The molecule has 0 aliphatic rings. The average molecular weight is 366 g/mol. The summed E-state index contributed by atoms with van der Waals surface area (Å²) in [5.74, 6) is 0. The van der Waals surface area contributed by atoms with Crippen LogP contribution in [0.1, 0.15) is 58.2 Å². The summed E-state index contributed by atoms with van der Waals surface area (Å²) in [6.07, 6.45) is 8.52. The lowest BCUT2D eigenvalue weighted by molar-refractivity contribution is 0.389. The highest BCUT2D eigenvalue weighted by Gasteiger charge is 2.16. The van der Waals surface area contributed by atoms with E-state index in [2.05, 4.69) is 52.2 Å². The lowest BCUT2D eigenvalue weighted by atomic mass is 10.0. The van der Waals surface area contributed by atoms with Crippen LogP contribution in [0.2, 0.25) is 0 Å². The number of nitrogens with two attached hydrogens (primary N) is 1. The van der Waals surface area contributed by atoms with Crippen LogP contribution in [-0.2, 0) is 0 Å². The van der Waals surface area contributed by atoms with Crippen LogP contribution in [0.25, 0.3) is 5.57 Å². The van der Waals surface area contributed by atoms with Gasteiger partial charge in [0.2, 0.25) is 0 Å². The van der Waals surface area contributed by atoms with Gasteiger partial charge in [0.25, 0.3) is 0 Å². The first-order chi connectivity index (χ1) is 10.6. The number of hydrogen-bond acceptors (Lipinski definition) is 2. The maximum Gasteiger partial charge on any atom is 0.0682 e. The summed E-state index contributed by atoms with van der Waals surface area (Å²) < 4.78 is 2.13. The molecular weight excluding hydrogens is 338 g/mol. The molecule has 0 saturated heterocycles. The normalized spacial score (nSPS) is 13.0. The molecule has 122 valence electrons. The van der Waals surface area contributed by atoms with Gasteiger partial charge in [0.15, 0.2) is 0 Å². The van der Waals surface area contributed by atoms with Crippen molar-refractivity contribution in [2.45, 2.75) is 52.5 Å². The smallest absolute Gasteiger partial charge is 0.0682 e. The molecule has 1 heterocycles. The summed E-state index contributed by atoms with van der Waals surface area (Å²) in [7, 11) is 0. The highest BCUT2D eigenvalue weighted by Crippen LogP contribution is 2.27. The lowest BCUT2D eigenvalue weighted by Gasteiger charge is -2.20. The Hall–Kier alpha value is -1.13. The molecule has 0 fully saturated rings. The van der Waals surface area contributed by atoms with Gasteiger partial charge in [0.1, 0.15) is 0 Å². The Morgan fingerprint density at radius 3 is 2.55 bits per heavy atom. The first kappa shape index (κ1) is 18.9. The fraction of sp³-hybridized carbons (Fsp3) is 0.500. The molecule has 1 aromatic heterocycles. The Morgan fingerprint density at radius 1 is 1.41 bits per heavy atom. The zero-order valence-corrected chi connectivity index (χ0v) is 15.6. The molecule has 0 bridgehead atoms. The van der Waals surface area contributed by atoms with Crippen molar-refractivity contribution in [1.29, 1.82) is 0 Å². The number of nitrogens with zero attached hydrogens (tertiary/aromatic N) is 2. The van der Waals surface area contributed by atoms with Gasteiger partial charge in [0.05, 0.1) is 11.7 Å². The summed E-state index contributed by atoms with van der Waals surface area (Å²) in [5, 5.41) is 4.55. The van der Waals surface area contributed by atoms with E-state index in [9.17, 15) is 0 Å². The number of hydrogen-bond donors (Lipinski definition) is 1. The minimum Gasteiger partial charge on any atom is -0.326 e. The van der Waals surface area contributed by atoms with Crippen LogP contribution in [0, 0.1) is 0 Å². The Bertz CT molecular complexity index is 534. The highest BCUT2D eigenvalue weighted by molar-refractivity contribution is 9.11.